The van der Waals surface area contributed by atoms with Crippen LogP contribution in [-0.4, -0.2) is 20.8 Å². The van der Waals surface area contributed by atoms with Crippen molar-refractivity contribution in [1.29, 1.82) is 0 Å². The molecule has 0 aliphatic heterocycles. The minimum Gasteiger partial charge on any atom is -0.493 e. The molecule has 1 aromatic rings. The third kappa shape index (κ3) is 1.85. The molecule has 4 heteroatoms. The predicted molar refractivity (Wildman–Crippen MR) is 64.5 cm³/mol. The average molecular weight is 242 g/mol. The maximum atomic E-state index is 6.30. The fraction of sp³-hybridized carbons (Fsp3) is 0.500. The molecule has 0 aromatic heterocycles. The molecular weight excluding hydrogens is 226 g/mol. The molecule has 0 unspecified atom stereocenters. The first-order valence-electron chi connectivity index (χ1n) is 5.33. The van der Waals surface area contributed by atoms with E-state index >= 15 is 0 Å². The summed E-state index contributed by atoms with van der Waals surface area (Å²) in [6, 6.07) is 3.90. The molecule has 2 rings (SSSR count). The molecule has 3 nitrogen and oxygen atoms in total. The van der Waals surface area contributed by atoms with Crippen LogP contribution in [0, 0.1) is 5.92 Å². The summed E-state index contributed by atoms with van der Waals surface area (Å²) in [4.78, 5) is 0. The Balaban J connectivity index is 2.34. The molecule has 0 saturated heterocycles. The van der Waals surface area contributed by atoms with E-state index in [1.807, 2.05) is 12.1 Å². The summed E-state index contributed by atoms with van der Waals surface area (Å²) in [5, 5.41) is 0.655. The van der Waals surface area contributed by atoms with Gasteiger partial charge in [-0.05, 0) is 36.4 Å². The Morgan fingerprint density at radius 3 is 2.62 bits per heavy atom. The molecule has 2 N–H and O–H groups in total. The number of hydrogen-bond donors (Lipinski definition) is 1. The molecule has 2 atom stereocenters. The number of halogens is 1. The summed E-state index contributed by atoms with van der Waals surface area (Å²) in [6.45, 7) is 0.718. The van der Waals surface area contributed by atoms with E-state index in [0.29, 0.717) is 28.4 Å². The van der Waals surface area contributed by atoms with Crippen molar-refractivity contribution in [3.05, 3.63) is 22.7 Å². The standard InChI is InChI=1S/C12H16ClNO2/c1-15-10-4-3-8(9-5-7(9)6-14)11(13)12(10)16-2/h3-4,7,9H,5-6,14H2,1-2H3/t7-,9+/m0/s1. The average Bonchev–Trinajstić information content (AvgIpc) is 3.07. The Morgan fingerprint density at radius 1 is 1.38 bits per heavy atom. The van der Waals surface area contributed by atoms with Crippen molar-refractivity contribution in [3.8, 4) is 11.5 Å². The van der Waals surface area contributed by atoms with Gasteiger partial charge in [0.15, 0.2) is 11.5 Å². The Bertz CT molecular complexity index is 395. The van der Waals surface area contributed by atoms with Gasteiger partial charge in [0.2, 0.25) is 0 Å². The van der Waals surface area contributed by atoms with Gasteiger partial charge >= 0.3 is 0 Å². The Labute approximate surface area is 100 Å². The van der Waals surface area contributed by atoms with Crippen LogP contribution < -0.4 is 15.2 Å². The van der Waals surface area contributed by atoms with Crippen LogP contribution in [0.1, 0.15) is 17.9 Å². The van der Waals surface area contributed by atoms with Crippen molar-refractivity contribution in [1.82, 2.24) is 0 Å². The van der Waals surface area contributed by atoms with E-state index in [1.165, 1.54) is 0 Å². The van der Waals surface area contributed by atoms with Crippen molar-refractivity contribution >= 4 is 11.6 Å². The van der Waals surface area contributed by atoms with Gasteiger partial charge in [-0.1, -0.05) is 17.7 Å². The van der Waals surface area contributed by atoms with Crippen LogP contribution in [0.3, 0.4) is 0 Å². The lowest BCUT2D eigenvalue weighted by atomic mass is 10.1. The van der Waals surface area contributed by atoms with Crippen LogP contribution in [0.2, 0.25) is 5.02 Å². The van der Waals surface area contributed by atoms with E-state index in [4.69, 9.17) is 26.8 Å². The highest BCUT2D eigenvalue weighted by molar-refractivity contribution is 6.33. The third-order valence-electron chi connectivity index (χ3n) is 3.14. The van der Waals surface area contributed by atoms with Crippen LogP contribution in [0.5, 0.6) is 11.5 Å². The second-order valence-corrected chi connectivity index (χ2v) is 4.42. The first-order valence-corrected chi connectivity index (χ1v) is 5.71. The Morgan fingerprint density at radius 2 is 2.12 bits per heavy atom. The second-order valence-electron chi connectivity index (χ2n) is 4.04. The summed E-state index contributed by atoms with van der Waals surface area (Å²) >= 11 is 6.30. The maximum absolute atomic E-state index is 6.30. The summed E-state index contributed by atoms with van der Waals surface area (Å²) in [7, 11) is 3.20. The Kier molecular flexibility index (Phi) is 3.26. The van der Waals surface area contributed by atoms with Crippen molar-refractivity contribution in [2.75, 3.05) is 20.8 Å². The number of ether oxygens (including phenoxy) is 2. The minimum absolute atomic E-state index is 0.484. The topological polar surface area (TPSA) is 44.5 Å². The summed E-state index contributed by atoms with van der Waals surface area (Å²) < 4.78 is 10.5. The van der Waals surface area contributed by atoms with Crippen LogP contribution in [0.25, 0.3) is 0 Å². The summed E-state index contributed by atoms with van der Waals surface area (Å²) in [6.07, 6.45) is 1.12. The molecule has 0 radical (unpaired) electrons. The van der Waals surface area contributed by atoms with Crippen molar-refractivity contribution in [2.24, 2.45) is 11.7 Å². The largest absolute Gasteiger partial charge is 0.493 e. The van der Waals surface area contributed by atoms with Crippen LogP contribution in [0.4, 0.5) is 0 Å². The number of rotatable bonds is 4. The molecule has 88 valence electrons. The monoisotopic (exact) mass is 241 g/mol. The van der Waals surface area contributed by atoms with Gasteiger partial charge in [-0.3, -0.25) is 0 Å². The van der Waals surface area contributed by atoms with Crippen molar-refractivity contribution in [3.63, 3.8) is 0 Å². The van der Waals surface area contributed by atoms with Gasteiger partial charge in [-0.25, -0.2) is 0 Å². The lowest BCUT2D eigenvalue weighted by molar-refractivity contribution is 0.354. The second kappa shape index (κ2) is 4.52. The molecule has 0 amide bonds. The van der Waals surface area contributed by atoms with Crippen molar-refractivity contribution in [2.45, 2.75) is 12.3 Å². The van der Waals surface area contributed by atoms with Crippen molar-refractivity contribution < 1.29 is 9.47 Å². The first-order chi connectivity index (χ1) is 7.72. The van der Waals surface area contributed by atoms with Gasteiger partial charge in [0, 0.05) is 0 Å². The SMILES string of the molecule is COc1ccc([C@@H]2C[C@H]2CN)c(Cl)c1OC. The Hall–Kier alpha value is -0.930. The maximum Gasteiger partial charge on any atom is 0.179 e. The zero-order chi connectivity index (χ0) is 11.7. The van der Waals surface area contributed by atoms with E-state index in [9.17, 15) is 0 Å². The highest BCUT2D eigenvalue weighted by Crippen LogP contribution is 2.52. The normalized spacial score (nSPS) is 23.0. The number of nitrogens with two attached hydrogens (primary N) is 1. The fourth-order valence-electron chi connectivity index (χ4n) is 2.08. The van der Waals surface area contributed by atoms with Crippen LogP contribution in [-0.2, 0) is 0 Å². The van der Waals surface area contributed by atoms with Gasteiger partial charge in [-0.2, -0.15) is 0 Å². The van der Waals surface area contributed by atoms with Gasteiger partial charge in [0.1, 0.15) is 0 Å². The molecule has 1 aromatic carbocycles. The van der Waals surface area contributed by atoms with Crippen LogP contribution >= 0.6 is 11.6 Å². The number of benzene rings is 1. The quantitative estimate of drug-likeness (QED) is 0.881. The molecule has 0 bridgehead atoms. The van der Waals surface area contributed by atoms with Gasteiger partial charge in [-0.15, -0.1) is 0 Å². The molecule has 1 aliphatic rings. The van der Waals surface area contributed by atoms with E-state index in [1.54, 1.807) is 14.2 Å². The van der Waals surface area contributed by atoms with E-state index in [2.05, 4.69) is 0 Å². The third-order valence-corrected chi connectivity index (χ3v) is 3.53. The predicted octanol–water partition coefficient (Wildman–Crippen LogP) is 2.42. The first kappa shape index (κ1) is 11.6. The lowest BCUT2D eigenvalue weighted by Gasteiger charge is -2.12. The van der Waals surface area contributed by atoms with Crippen LogP contribution in [0.15, 0.2) is 12.1 Å². The van der Waals surface area contributed by atoms with Gasteiger partial charge < -0.3 is 15.2 Å². The number of methoxy groups -OCH3 is 2. The zero-order valence-electron chi connectivity index (χ0n) is 9.50. The van der Waals surface area contributed by atoms with E-state index < -0.39 is 0 Å². The molecule has 1 aliphatic carbocycles. The molecule has 0 spiro atoms. The minimum atomic E-state index is 0.484. The molecule has 1 fully saturated rings. The van der Waals surface area contributed by atoms with E-state index in [0.717, 1.165) is 18.5 Å². The van der Waals surface area contributed by atoms with E-state index in [-0.39, 0.29) is 0 Å². The lowest BCUT2D eigenvalue weighted by Crippen LogP contribution is -2.02. The molecular formula is C12H16ClNO2. The molecule has 16 heavy (non-hydrogen) atoms. The smallest absolute Gasteiger partial charge is 0.179 e. The van der Waals surface area contributed by atoms with Gasteiger partial charge in [0.25, 0.3) is 0 Å². The fourth-order valence-corrected chi connectivity index (χ4v) is 2.45. The highest BCUT2D eigenvalue weighted by atomic mass is 35.5. The zero-order valence-corrected chi connectivity index (χ0v) is 10.3. The number of hydrogen-bond acceptors (Lipinski definition) is 3. The molecule has 0 heterocycles. The summed E-state index contributed by atoms with van der Waals surface area (Å²) in [5.74, 6) is 2.33. The summed E-state index contributed by atoms with van der Waals surface area (Å²) in [5.41, 5.74) is 6.76. The molecule has 1 saturated carbocycles. The van der Waals surface area contributed by atoms with Gasteiger partial charge in [0.05, 0.1) is 19.2 Å². The highest BCUT2D eigenvalue weighted by Gasteiger charge is 2.39.